The normalized spacial score (nSPS) is 14.8. The van der Waals surface area contributed by atoms with Gasteiger partial charge in [0.05, 0.1) is 6.26 Å². The Morgan fingerprint density at radius 1 is 1.67 bits per heavy atom. The fraction of sp³-hybridized carbons (Fsp3) is 0.545. The van der Waals surface area contributed by atoms with Crippen LogP contribution in [0.3, 0.4) is 0 Å². The standard InChI is InChI=1S/C11H17NO3/c1-2-3-6-11(12,10(13)14)8-9-5-4-7-15-9/h4-5,7H,2-3,6,8,12H2,1H3,(H,13,14)/t11-/m1/s1. The zero-order valence-electron chi connectivity index (χ0n) is 8.90. The number of nitrogens with two attached hydrogens (primary N) is 1. The lowest BCUT2D eigenvalue weighted by Gasteiger charge is -2.23. The third kappa shape index (κ3) is 3.09. The number of unbranched alkanes of at least 4 members (excludes halogenated alkanes) is 1. The number of rotatable bonds is 6. The molecule has 0 aliphatic heterocycles. The van der Waals surface area contributed by atoms with E-state index in [2.05, 4.69) is 0 Å². The molecule has 4 heteroatoms. The molecule has 0 fully saturated rings. The summed E-state index contributed by atoms with van der Waals surface area (Å²) < 4.78 is 5.12. The zero-order valence-corrected chi connectivity index (χ0v) is 8.90. The number of carboxylic acids is 1. The minimum absolute atomic E-state index is 0.245. The summed E-state index contributed by atoms with van der Waals surface area (Å²) >= 11 is 0. The largest absolute Gasteiger partial charge is 0.480 e. The number of furan rings is 1. The van der Waals surface area contributed by atoms with Gasteiger partial charge in [-0.05, 0) is 18.6 Å². The molecule has 1 aromatic rings. The van der Waals surface area contributed by atoms with Gasteiger partial charge in [-0.1, -0.05) is 19.8 Å². The van der Waals surface area contributed by atoms with Gasteiger partial charge in [0.15, 0.2) is 0 Å². The average Bonchev–Trinajstić information content (AvgIpc) is 2.67. The maximum Gasteiger partial charge on any atom is 0.324 e. The second-order valence-electron chi connectivity index (χ2n) is 3.82. The second kappa shape index (κ2) is 4.98. The highest BCUT2D eigenvalue weighted by Gasteiger charge is 2.34. The Hall–Kier alpha value is -1.29. The first-order valence-electron chi connectivity index (χ1n) is 5.13. The first-order chi connectivity index (χ1) is 7.08. The number of carboxylic acid groups (broad SMARTS) is 1. The fourth-order valence-electron chi connectivity index (χ4n) is 1.49. The summed E-state index contributed by atoms with van der Waals surface area (Å²) in [7, 11) is 0. The molecule has 4 nitrogen and oxygen atoms in total. The quantitative estimate of drug-likeness (QED) is 0.752. The van der Waals surface area contributed by atoms with E-state index in [9.17, 15) is 4.79 Å². The Kier molecular flexibility index (Phi) is 3.91. The van der Waals surface area contributed by atoms with Crippen LogP contribution < -0.4 is 5.73 Å². The number of aliphatic carboxylic acids is 1. The van der Waals surface area contributed by atoms with Gasteiger partial charge < -0.3 is 15.3 Å². The fourth-order valence-corrected chi connectivity index (χ4v) is 1.49. The van der Waals surface area contributed by atoms with Gasteiger partial charge in [0.2, 0.25) is 0 Å². The van der Waals surface area contributed by atoms with Gasteiger partial charge in [0, 0.05) is 6.42 Å². The minimum Gasteiger partial charge on any atom is -0.480 e. The van der Waals surface area contributed by atoms with Crippen molar-refractivity contribution in [2.45, 2.75) is 38.1 Å². The van der Waals surface area contributed by atoms with Crippen LogP contribution in [-0.2, 0) is 11.2 Å². The van der Waals surface area contributed by atoms with E-state index < -0.39 is 11.5 Å². The minimum atomic E-state index is -1.20. The van der Waals surface area contributed by atoms with E-state index in [-0.39, 0.29) is 6.42 Å². The van der Waals surface area contributed by atoms with Crippen LogP contribution in [0.15, 0.2) is 22.8 Å². The lowest BCUT2D eigenvalue weighted by Crippen LogP contribution is -2.49. The van der Waals surface area contributed by atoms with Gasteiger partial charge in [0.1, 0.15) is 11.3 Å². The Bertz CT molecular complexity index is 308. The molecule has 0 amide bonds. The van der Waals surface area contributed by atoms with Gasteiger partial charge in [-0.2, -0.15) is 0 Å². The molecule has 0 spiro atoms. The van der Waals surface area contributed by atoms with Crippen LogP contribution in [0.5, 0.6) is 0 Å². The molecule has 84 valence electrons. The molecule has 0 saturated heterocycles. The van der Waals surface area contributed by atoms with Crippen LogP contribution in [0.4, 0.5) is 0 Å². The van der Waals surface area contributed by atoms with Crippen molar-refractivity contribution in [3.05, 3.63) is 24.2 Å². The van der Waals surface area contributed by atoms with Gasteiger partial charge in [-0.15, -0.1) is 0 Å². The molecule has 0 bridgehead atoms. The van der Waals surface area contributed by atoms with Gasteiger partial charge in [-0.3, -0.25) is 4.79 Å². The zero-order chi connectivity index (χ0) is 11.3. The van der Waals surface area contributed by atoms with E-state index in [1.54, 1.807) is 12.1 Å². The summed E-state index contributed by atoms with van der Waals surface area (Å²) in [6, 6.07) is 3.48. The summed E-state index contributed by atoms with van der Waals surface area (Å²) in [5.74, 6) is -0.344. The Balaban J connectivity index is 2.68. The Morgan fingerprint density at radius 2 is 2.40 bits per heavy atom. The first-order valence-corrected chi connectivity index (χ1v) is 5.13. The summed E-state index contributed by atoms with van der Waals surface area (Å²) in [4.78, 5) is 11.1. The number of hydrogen-bond acceptors (Lipinski definition) is 3. The highest BCUT2D eigenvalue weighted by molar-refractivity contribution is 5.78. The predicted octanol–water partition coefficient (Wildman–Crippen LogP) is 1.79. The van der Waals surface area contributed by atoms with Gasteiger partial charge in [-0.25, -0.2) is 0 Å². The molecule has 1 heterocycles. The predicted molar refractivity (Wildman–Crippen MR) is 56.5 cm³/mol. The van der Waals surface area contributed by atoms with Crippen molar-refractivity contribution in [2.24, 2.45) is 5.73 Å². The Labute approximate surface area is 89.1 Å². The average molecular weight is 211 g/mol. The van der Waals surface area contributed by atoms with Crippen LogP contribution in [0.2, 0.25) is 0 Å². The molecule has 1 rings (SSSR count). The summed E-state index contributed by atoms with van der Waals surface area (Å²) in [5, 5.41) is 9.09. The first kappa shape index (κ1) is 11.8. The van der Waals surface area contributed by atoms with E-state index in [0.717, 1.165) is 12.8 Å². The molecule has 0 aliphatic carbocycles. The topological polar surface area (TPSA) is 76.5 Å². The second-order valence-corrected chi connectivity index (χ2v) is 3.82. The number of hydrogen-bond donors (Lipinski definition) is 2. The van der Waals surface area contributed by atoms with Crippen molar-refractivity contribution >= 4 is 5.97 Å². The van der Waals surface area contributed by atoms with Crippen molar-refractivity contribution in [2.75, 3.05) is 0 Å². The van der Waals surface area contributed by atoms with E-state index in [0.29, 0.717) is 12.2 Å². The maximum absolute atomic E-state index is 11.1. The Morgan fingerprint density at radius 3 is 2.87 bits per heavy atom. The maximum atomic E-state index is 11.1. The smallest absolute Gasteiger partial charge is 0.324 e. The third-order valence-corrected chi connectivity index (χ3v) is 2.47. The highest BCUT2D eigenvalue weighted by Crippen LogP contribution is 2.18. The lowest BCUT2D eigenvalue weighted by atomic mass is 9.89. The van der Waals surface area contributed by atoms with E-state index in [1.807, 2.05) is 6.92 Å². The van der Waals surface area contributed by atoms with Crippen LogP contribution in [0.25, 0.3) is 0 Å². The monoisotopic (exact) mass is 211 g/mol. The molecule has 0 aromatic carbocycles. The molecule has 1 atom stereocenters. The number of carbonyl (C=O) groups is 1. The van der Waals surface area contributed by atoms with Gasteiger partial charge in [0.25, 0.3) is 0 Å². The van der Waals surface area contributed by atoms with Crippen LogP contribution in [-0.4, -0.2) is 16.6 Å². The van der Waals surface area contributed by atoms with Crippen molar-refractivity contribution in [1.82, 2.24) is 0 Å². The van der Waals surface area contributed by atoms with Crippen molar-refractivity contribution in [3.8, 4) is 0 Å². The molecule has 0 aliphatic rings. The van der Waals surface area contributed by atoms with Crippen molar-refractivity contribution in [3.63, 3.8) is 0 Å². The highest BCUT2D eigenvalue weighted by atomic mass is 16.4. The SMILES string of the molecule is CCCC[C@@](N)(Cc1ccco1)C(=O)O. The summed E-state index contributed by atoms with van der Waals surface area (Å²) in [6.07, 6.45) is 3.99. The molecule has 15 heavy (non-hydrogen) atoms. The third-order valence-electron chi connectivity index (χ3n) is 2.47. The molecule has 0 radical (unpaired) electrons. The molecule has 0 unspecified atom stereocenters. The van der Waals surface area contributed by atoms with Gasteiger partial charge >= 0.3 is 5.97 Å². The molecular formula is C11H17NO3. The summed E-state index contributed by atoms with van der Waals surface area (Å²) in [5.41, 5.74) is 4.66. The van der Waals surface area contributed by atoms with E-state index in [1.165, 1.54) is 6.26 Å². The van der Waals surface area contributed by atoms with E-state index in [4.69, 9.17) is 15.3 Å². The summed E-state index contributed by atoms with van der Waals surface area (Å²) in [6.45, 7) is 2.01. The van der Waals surface area contributed by atoms with Crippen LogP contribution in [0.1, 0.15) is 31.9 Å². The van der Waals surface area contributed by atoms with Crippen LogP contribution in [0, 0.1) is 0 Å². The molecule has 0 saturated carbocycles. The van der Waals surface area contributed by atoms with E-state index >= 15 is 0 Å². The van der Waals surface area contributed by atoms with Crippen molar-refractivity contribution < 1.29 is 14.3 Å². The molecule has 1 aromatic heterocycles. The lowest BCUT2D eigenvalue weighted by molar-refractivity contribution is -0.143. The van der Waals surface area contributed by atoms with Crippen molar-refractivity contribution in [1.29, 1.82) is 0 Å². The van der Waals surface area contributed by atoms with Crippen LogP contribution >= 0.6 is 0 Å². The molecule has 3 N–H and O–H groups in total. The molecular weight excluding hydrogens is 194 g/mol.